The summed E-state index contributed by atoms with van der Waals surface area (Å²) in [6.07, 6.45) is 3.28. The molecular weight excluding hydrogens is 450 g/mol. The summed E-state index contributed by atoms with van der Waals surface area (Å²) < 4.78 is 17.3. The van der Waals surface area contributed by atoms with Crippen molar-refractivity contribution < 1.29 is 18.8 Å². The standard InChI is InChI=1S/C22H16BrN3O4/c23-17-7-3-5-15(11-17)13-28-19-9-2-1-8-18(19)22(27)29-14-20-25-21(26-30-20)16-6-4-10-24-12-16/h1-12H,13-14H2. The molecule has 0 saturated carbocycles. The van der Waals surface area contributed by atoms with E-state index in [9.17, 15) is 4.79 Å². The predicted molar refractivity (Wildman–Crippen MR) is 112 cm³/mol. The smallest absolute Gasteiger partial charge is 0.342 e. The molecule has 0 saturated heterocycles. The second-order valence-electron chi connectivity index (χ2n) is 6.24. The molecule has 0 fully saturated rings. The van der Waals surface area contributed by atoms with Crippen LogP contribution in [0.25, 0.3) is 11.4 Å². The molecule has 2 aromatic carbocycles. The molecule has 30 heavy (non-hydrogen) atoms. The van der Waals surface area contributed by atoms with Crippen LogP contribution in [0.1, 0.15) is 21.8 Å². The number of aromatic nitrogens is 3. The van der Waals surface area contributed by atoms with E-state index in [-0.39, 0.29) is 12.5 Å². The highest BCUT2D eigenvalue weighted by atomic mass is 79.9. The van der Waals surface area contributed by atoms with Gasteiger partial charge in [0.05, 0.1) is 0 Å². The zero-order valence-electron chi connectivity index (χ0n) is 15.7. The summed E-state index contributed by atoms with van der Waals surface area (Å²) in [5, 5.41) is 3.88. The van der Waals surface area contributed by atoms with Gasteiger partial charge in [-0.2, -0.15) is 4.98 Å². The van der Waals surface area contributed by atoms with E-state index in [4.69, 9.17) is 14.0 Å². The fourth-order valence-electron chi connectivity index (χ4n) is 2.68. The van der Waals surface area contributed by atoms with Crippen molar-refractivity contribution in [1.29, 1.82) is 0 Å². The Bertz CT molecular complexity index is 1150. The van der Waals surface area contributed by atoms with Gasteiger partial charge in [0.2, 0.25) is 5.82 Å². The van der Waals surface area contributed by atoms with Crippen LogP contribution in [0.2, 0.25) is 0 Å². The Morgan fingerprint density at radius 3 is 2.77 bits per heavy atom. The number of pyridine rings is 1. The quantitative estimate of drug-likeness (QED) is 0.361. The number of hydrogen-bond donors (Lipinski definition) is 0. The van der Waals surface area contributed by atoms with Gasteiger partial charge in [0.15, 0.2) is 6.61 Å². The fraction of sp³-hybridized carbons (Fsp3) is 0.0909. The lowest BCUT2D eigenvalue weighted by Gasteiger charge is -2.11. The predicted octanol–water partition coefficient (Wildman–Crippen LogP) is 4.83. The highest BCUT2D eigenvalue weighted by Crippen LogP contribution is 2.22. The summed E-state index contributed by atoms with van der Waals surface area (Å²) in [7, 11) is 0. The highest BCUT2D eigenvalue weighted by molar-refractivity contribution is 9.10. The van der Waals surface area contributed by atoms with Crippen LogP contribution in [0.5, 0.6) is 5.75 Å². The van der Waals surface area contributed by atoms with E-state index in [1.807, 2.05) is 30.3 Å². The molecule has 0 amide bonds. The molecule has 0 unspecified atom stereocenters. The highest BCUT2D eigenvalue weighted by Gasteiger charge is 2.16. The summed E-state index contributed by atoms with van der Waals surface area (Å²) >= 11 is 3.43. The van der Waals surface area contributed by atoms with E-state index in [2.05, 4.69) is 31.1 Å². The average Bonchev–Trinajstić information content (AvgIpc) is 3.26. The monoisotopic (exact) mass is 465 g/mol. The molecule has 0 N–H and O–H groups in total. The third kappa shape index (κ3) is 4.90. The largest absolute Gasteiger partial charge is 0.488 e. The van der Waals surface area contributed by atoms with E-state index < -0.39 is 5.97 Å². The third-order valence-corrected chi connectivity index (χ3v) is 4.60. The molecule has 2 aromatic heterocycles. The first kappa shape index (κ1) is 19.8. The Hall–Kier alpha value is -3.52. The zero-order chi connectivity index (χ0) is 20.8. The number of para-hydroxylation sites is 1. The van der Waals surface area contributed by atoms with Crippen molar-refractivity contribution in [3.63, 3.8) is 0 Å². The van der Waals surface area contributed by atoms with Crippen molar-refractivity contribution in [3.8, 4) is 17.1 Å². The Morgan fingerprint density at radius 1 is 1.03 bits per heavy atom. The van der Waals surface area contributed by atoms with E-state index in [0.717, 1.165) is 10.0 Å². The van der Waals surface area contributed by atoms with E-state index in [1.165, 1.54) is 0 Å². The van der Waals surface area contributed by atoms with Crippen molar-refractivity contribution in [2.24, 2.45) is 0 Å². The van der Waals surface area contributed by atoms with Crippen molar-refractivity contribution >= 4 is 21.9 Å². The minimum absolute atomic E-state index is 0.147. The summed E-state index contributed by atoms with van der Waals surface area (Å²) in [4.78, 5) is 20.8. The first-order valence-electron chi connectivity index (χ1n) is 9.05. The van der Waals surface area contributed by atoms with Crippen LogP contribution in [0.15, 0.2) is 82.1 Å². The number of benzene rings is 2. The maximum absolute atomic E-state index is 12.6. The number of ether oxygens (including phenoxy) is 2. The van der Waals surface area contributed by atoms with Gasteiger partial charge in [0.25, 0.3) is 5.89 Å². The molecule has 0 bridgehead atoms. The van der Waals surface area contributed by atoms with Gasteiger partial charge in [0.1, 0.15) is 17.9 Å². The Kier molecular flexibility index (Phi) is 6.14. The van der Waals surface area contributed by atoms with Crippen molar-refractivity contribution in [1.82, 2.24) is 15.1 Å². The summed E-state index contributed by atoms with van der Waals surface area (Å²) in [5.74, 6) is 0.465. The van der Waals surface area contributed by atoms with Gasteiger partial charge in [0, 0.05) is 22.4 Å². The third-order valence-electron chi connectivity index (χ3n) is 4.10. The molecule has 0 aliphatic carbocycles. The molecule has 7 nitrogen and oxygen atoms in total. The van der Waals surface area contributed by atoms with Gasteiger partial charge >= 0.3 is 5.97 Å². The number of nitrogens with zero attached hydrogens (tertiary/aromatic N) is 3. The number of rotatable bonds is 7. The lowest BCUT2D eigenvalue weighted by Crippen LogP contribution is -2.08. The Morgan fingerprint density at radius 2 is 1.93 bits per heavy atom. The van der Waals surface area contributed by atoms with Crippen LogP contribution in [-0.4, -0.2) is 21.1 Å². The second kappa shape index (κ2) is 9.32. The second-order valence-corrected chi connectivity index (χ2v) is 7.16. The molecule has 0 atom stereocenters. The summed E-state index contributed by atoms with van der Waals surface area (Å²) in [6, 6.07) is 18.3. The zero-order valence-corrected chi connectivity index (χ0v) is 17.3. The van der Waals surface area contributed by atoms with Gasteiger partial charge in [-0.1, -0.05) is 45.4 Å². The number of halogens is 1. The van der Waals surface area contributed by atoms with Crippen LogP contribution < -0.4 is 4.74 Å². The fourth-order valence-corrected chi connectivity index (χ4v) is 3.13. The summed E-state index contributed by atoms with van der Waals surface area (Å²) in [6.45, 7) is 0.175. The van der Waals surface area contributed by atoms with Crippen molar-refractivity contribution in [3.05, 3.63) is 94.5 Å². The Balaban J connectivity index is 1.40. The van der Waals surface area contributed by atoms with Crippen LogP contribution >= 0.6 is 15.9 Å². The molecule has 150 valence electrons. The molecule has 0 aliphatic heterocycles. The molecule has 4 rings (SSSR count). The number of carbonyl (C=O) groups excluding carboxylic acids is 1. The van der Waals surface area contributed by atoms with Crippen LogP contribution in [0.3, 0.4) is 0 Å². The summed E-state index contributed by atoms with van der Waals surface area (Å²) in [5.41, 5.74) is 2.01. The van der Waals surface area contributed by atoms with E-state index in [0.29, 0.717) is 29.3 Å². The molecule has 2 heterocycles. The molecular formula is C22H16BrN3O4. The lowest BCUT2D eigenvalue weighted by atomic mass is 10.2. The van der Waals surface area contributed by atoms with Crippen LogP contribution in [-0.2, 0) is 18.0 Å². The van der Waals surface area contributed by atoms with Crippen LogP contribution in [0, 0.1) is 0 Å². The average molecular weight is 466 g/mol. The van der Waals surface area contributed by atoms with E-state index in [1.54, 1.807) is 42.7 Å². The van der Waals surface area contributed by atoms with Gasteiger partial charge < -0.3 is 14.0 Å². The first-order chi connectivity index (χ1) is 14.7. The van der Waals surface area contributed by atoms with Gasteiger partial charge in [-0.05, 0) is 42.0 Å². The number of hydrogen-bond acceptors (Lipinski definition) is 7. The van der Waals surface area contributed by atoms with Gasteiger partial charge in [-0.25, -0.2) is 4.79 Å². The minimum Gasteiger partial charge on any atom is -0.488 e. The SMILES string of the molecule is O=C(OCc1nc(-c2cccnc2)no1)c1ccccc1OCc1cccc(Br)c1. The van der Waals surface area contributed by atoms with E-state index >= 15 is 0 Å². The topological polar surface area (TPSA) is 87.3 Å². The number of carbonyl (C=O) groups is 1. The first-order valence-corrected chi connectivity index (χ1v) is 9.85. The van der Waals surface area contributed by atoms with Crippen LogP contribution in [0.4, 0.5) is 0 Å². The number of esters is 1. The maximum Gasteiger partial charge on any atom is 0.342 e. The minimum atomic E-state index is -0.541. The normalized spacial score (nSPS) is 10.6. The maximum atomic E-state index is 12.6. The molecule has 0 spiro atoms. The Labute approximate surface area is 180 Å². The van der Waals surface area contributed by atoms with Crippen molar-refractivity contribution in [2.75, 3.05) is 0 Å². The molecule has 8 heteroatoms. The molecule has 0 aliphatic rings. The van der Waals surface area contributed by atoms with Crippen molar-refractivity contribution in [2.45, 2.75) is 13.2 Å². The lowest BCUT2D eigenvalue weighted by molar-refractivity contribution is 0.0425. The van der Waals surface area contributed by atoms with Gasteiger partial charge in [-0.15, -0.1) is 0 Å². The molecule has 0 radical (unpaired) electrons. The van der Waals surface area contributed by atoms with Gasteiger partial charge in [-0.3, -0.25) is 4.98 Å². The molecule has 4 aromatic rings.